The number of carbonyl (C=O) groups excluding carboxylic acids is 2. The number of carbonyl (C=O) groups is 2. The van der Waals surface area contributed by atoms with Crippen molar-refractivity contribution in [3.63, 3.8) is 0 Å². The molecule has 0 saturated heterocycles. The normalized spacial score (nSPS) is 12.7. The van der Waals surface area contributed by atoms with Crippen molar-refractivity contribution in [3.05, 3.63) is 130 Å². The molecule has 0 fully saturated rings. The highest BCUT2D eigenvalue weighted by atomic mass is 35.5. The maximum absolute atomic E-state index is 14.5. The molecule has 12 heteroatoms. The van der Waals surface area contributed by atoms with E-state index in [0.717, 1.165) is 23.3 Å². The molecule has 2 amide bonds. The van der Waals surface area contributed by atoms with Gasteiger partial charge in [-0.1, -0.05) is 90.0 Å². The molecule has 0 spiro atoms. The van der Waals surface area contributed by atoms with Crippen LogP contribution in [0.1, 0.15) is 43.0 Å². The number of rotatable bonds is 11. The summed E-state index contributed by atoms with van der Waals surface area (Å²) in [4.78, 5) is 29.5. The number of nitrogens with zero attached hydrogens (tertiary/aromatic N) is 2. The first kappa shape index (κ1) is 36.5. The minimum absolute atomic E-state index is 0.0818. The number of nitrogens with one attached hydrogen (secondary N) is 1. The predicted octanol–water partition coefficient (Wildman–Crippen LogP) is 7.42. The van der Waals surface area contributed by atoms with E-state index in [1.807, 2.05) is 18.2 Å². The second-order valence-corrected chi connectivity index (χ2v) is 14.7. The summed E-state index contributed by atoms with van der Waals surface area (Å²) in [5, 5.41) is 2.31. The summed E-state index contributed by atoms with van der Waals surface area (Å²) in [6.45, 7) is 6.15. The van der Waals surface area contributed by atoms with Gasteiger partial charge in [-0.15, -0.1) is 0 Å². The molecule has 0 unspecified atom stereocenters. The van der Waals surface area contributed by atoms with Gasteiger partial charge in [0.15, 0.2) is 0 Å². The zero-order valence-corrected chi connectivity index (χ0v) is 28.5. The molecule has 0 aliphatic heterocycles. The number of hydrogen-bond donors (Lipinski definition) is 1. The lowest BCUT2D eigenvalue weighted by atomic mass is 10.0. The Morgan fingerprint density at radius 1 is 0.833 bits per heavy atom. The van der Waals surface area contributed by atoms with E-state index >= 15 is 0 Å². The standard InChI is InChI=1S/C36H37ClF3N3O4S/c1-25-15-18-29(19-16-25)48(46,47)43(28-17-20-31(37)30(22-28)36(38,39)40)24-33(44)42(23-27-13-9-6-10-14-27)32(34(45)41-35(2,3)4)21-26-11-7-5-8-12-26/h5-20,22,32H,21,23-24H2,1-4H3,(H,41,45)/t32-/m1/s1. The van der Waals surface area contributed by atoms with Gasteiger partial charge in [-0.3, -0.25) is 13.9 Å². The number of hydrogen-bond acceptors (Lipinski definition) is 4. The number of amides is 2. The molecule has 48 heavy (non-hydrogen) atoms. The number of alkyl halides is 3. The average molecular weight is 700 g/mol. The first-order chi connectivity index (χ1) is 22.5. The van der Waals surface area contributed by atoms with Gasteiger partial charge in [0.1, 0.15) is 12.6 Å². The van der Waals surface area contributed by atoms with Crippen molar-refractivity contribution in [3.8, 4) is 0 Å². The van der Waals surface area contributed by atoms with E-state index in [0.29, 0.717) is 15.9 Å². The second-order valence-electron chi connectivity index (χ2n) is 12.4. The lowest BCUT2D eigenvalue weighted by Gasteiger charge is -2.35. The average Bonchev–Trinajstić information content (AvgIpc) is 3.01. The van der Waals surface area contributed by atoms with Crippen molar-refractivity contribution in [1.82, 2.24) is 10.2 Å². The van der Waals surface area contributed by atoms with Crippen LogP contribution in [0.5, 0.6) is 0 Å². The monoisotopic (exact) mass is 699 g/mol. The van der Waals surface area contributed by atoms with Gasteiger partial charge >= 0.3 is 6.18 Å². The van der Waals surface area contributed by atoms with E-state index in [2.05, 4.69) is 5.32 Å². The van der Waals surface area contributed by atoms with Crippen LogP contribution in [0.15, 0.2) is 108 Å². The van der Waals surface area contributed by atoms with Gasteiger partial charge in [-0.2, -0.15) is 13.2 Å². The zero-order chi connectivity index (χ0) is 35.3. The van der Waals surface area contributed by atoms with Crippen LogP contribution in [0.3, 0.4) is 0 Å². The Labute approximate surface area is 284 Å². The first-order valence-electron chi connectivity index (χ1n) is 15.1. The molecule has 4 aromatic rings. The van der Waals surface area contributed by atoms with E-state index in [1.165, 1.54) is 17.0 Å². The third kappa shape index (κ3) is 9.38. The molecule has 0 bridgehead atoms. The van der Waals surface area contributed by atoms with Gasteiger partial charge in [0.2, 0.25) is 11.8 Å². The largest absolute Gasteiger partial charge is 0.417 e. The van der Waals surface area contributed by atoms with E-state index in [-0.39, 0.29) is 17.9 Å². The molecular formula is C36H37ClF3N3O4S. The minimum Gasteiger partial charge on any atom is -0.350 e. The number of sulfonamides is 1. The fourth-order valence-electron chi connectivity index (χ4n) is 5.04. The van der Waals surface area contributed by atoms with Crippen molar-refractivity contribution in [2.75, 3.05) is 10.8 Å². The summed E-state index contributed by atoms with van der Waals surface area (Å²) in [7, 11) is -4.61. The summed E-state index contributed by atoms with van der Waals surface area (Å²) in [6, 6.07) is 25.2. The fraction of sp³-hybridized carbons (Fsp3) is 0.278. The Morgan fingerprint density at radius 2 is 1.40 bits per heavy atom. The lowest BCUT2D eigenvalue weighted by molar-refractivity contribution is -0.140. The molecule has 0 aromatic heterocycles. The number of halogens is 4. The van der Waals surface area contributed by atoms with E-state index in [1.54, 1.807) is 82.3 Å². The van der Waals surface area contributed by atoms with E-state index < -0.39 is 62.4 Å². The molecule has 0 heterocycles. The zero-order valence-electron chi connectivity index (χ0n) is 27.0. The summed E-state index contributed by atoms with van der Waals surface area (Å²) >= 11 is 5.88. The maximum Gasteiger partial charge on any atom is 0.417 e. The van der Waals surface area contributed by atoms with Crippen LogP contribution in [0, 0.1) is 6.92 Å². The van der Waals surface area contributed by atoms with Gasteiger partial charge in [-0.25, -0.2) is 8.42 Å². The fourth-order valence-corrected chi connectivity index (χ4v) is 6.67. The van der Waals surface area contributed by atoms with Crippen molar-refractivity contribution in [2.24, 2.45) is 0 Å². The lowest BCUT2D eigenvalue weighted by Crippen LogP contribution is -2.56. The molecule has 1 N–H and O–H groups in total. The van der Waals surface area contributed by atoms with Crippen LogP contribution < -0.4 is 9.62 Å². The van der Waals surface area contributed by atoms with Gasteiger partial charge < -0.3 is 10.2 Å². The van der Waals surface area contributed by atoms with Crippen LogP contribution in [0.25, 0.3) is 0 Å². The van der Waals surface area contributed by atoms with Crippen LogP contribution in [0.4, 0.5) is 18.9 Å². The minimum atomic E-state index is -4.90. The van der Waals surface area contributed by atoms with Gasteiger partial charge in [0.05, 0.1) is 21.2 Å². The Morgan fingerprint density at radius 3 is 1.94 bits per heavy atom. The number of anilines is 1. The van der Waals surface area contributed by atoms with Crippen LogP contribution in [-0.4, -0.2) is 43.3 Å². The Hall–Kier alpha value is -4.35. The topological polar surface area (TPSA) is 86.8 Å². The van der Waals surface area contributed by atoms with Gasteiger partial charge in [0.25, 0.3) is 10.0 Å². The third-order valence-corrected chi connectivity index (χ3v) is 9.51. The van der Waals surface area contributed by atoms with Crippen molar-refractivity contribution in [1.29, 1.82) is 0 Å². The summed E-state index contributed by atoms with van der Waals surface area (Å²) < 4.78 is 70.8. The SMILES string of the molecule is Cc1ccc(S(=O)(=O)N(CC(=O)N(Cc2ccccc2)[C@H](Cc2ccccc2)C(=O)NC(C)(C)C)c2ccc(Cl)c(C(F)(F)F)c2)cc1. The van der Waals surface area contributed by atoms with Crippen molar-refractivity contribution < 1.29 is 31.2 Å². The molecule has 4 aromatic carbocycles. The highest BCUT2D eigenvalue weighted by Gasteiger charge is 2.38. The molecule has 7 nitrogen and oxygen atoms in total. The Bertz CT molecular complexity index is 1830. The van der Waals surface area contributed by atoms with Crippen LogP contribution >= 0.6 is 11.6 Å². The Kier molecular flexibility index (Phi) is 11.3. The van der Waals surface area contributed by atoms with Gasteiger partial charge in [-0.05, 0) is 69.2 Å². The molecule has 0 saturated carbocycles. The second kappa shape index (κ2) is 14.8. The smallest absolute Gasteiger partial charge is 0.350 e. The van der Waals surface area contributed by atoms with Crippen LogP contribution in [0.2, 0.25) is 5.02 Å². The maximum atomic E-state index is 14.5. The predicted molar refractivity (Wildman–Crippen MR) is 181 cm³/mol. The highest BCUT2D eigenvalue weighted by molar-refractivity contribution is 7.92. The van der Waals surface area contributed by atoms with E-state index in [4.69, 9.17) is 11.6 Å². The molecule has 0 radical (unpaired) electrons. The number of benzene rings is 4. The molecular weight excluding hydrogens is 663 g/mol. The summed E-state index contributed by atoms with van der Waals surface area (Å²) in [5.74, 6) is -1.28. The van der Waals surface area contributed by atoms with E-state index in [9.17, 15) is 31.2 Å². The Balaban J connectivity index is 1.87. The molecule has 0 aliphatic rings. The molecule has 254 valence electrons. The van der Waals surface area contributed by atoms with Crippen molar-refractivity contribution >= 4 is 39.1 Å². The quantitative estimate of drug-likeness (QED) is 0.177. The summed E-state index contributed by atoms with van der Waals surface area (Å²) in [6.07, 6.45) is -4.81. The highest BCUT2D eigenvalue weighted by Crippen LogP contribution is 2.38. The number of aryl methyl sites for hydroxylation is 1. The first-order valence-corrected chi connectivity index (χ1v) is 16.9. The third-order valence-electron chi connectivity index (χ3n) is 7.40. The van der Waals surface area contributed by atoms with Gasteiger partial charge in [0, 0.05) is 18.5 Å². The molecule has 0 aliphatic carbocycles. The molecule has 1 atom stereocenters. The summed E-state index contributed by atoms with van der Waals surface area (Å²) in [5.41, 5.74) is -0.193. The van der Waals surface area contributed by atoms with Crippen LogP contribution in [-0.2, 0) is 38.8 Å². The van der Waals surface area contributed by atoms with Crippen molar-refractivity contribution in [2.45, 2.75) is 63.3 Å². The molecule has 4 rings (SSSR count).